The summed E-state index contributed by atoms with van der Waals surface area (Å²) in [6.07, 6.45) is 2.81. The van der Waals surface area contributed by atoms with Crippen LogP contribution in [0.5, 0.6) is 5.75 Å². The molecule has 7 heteroatoms. The van der Waals surface area contributed by atoms with Crippen molar-refractivity contribution in [3.63, 3.8) is 0 Å². The Bertz CT molecular complexity index is 1140. The summed E-state index contributed by atoms with van der Waals surface area (Å²) >= 11 is 0. The van der Waals surface area contributed by atoms with Gasteiger partial charge in [0, 0.05) is 17.3 Å². The number of hydrogen-bond acceptors (Lipinski definition) is 4. The number of carbonyl (C=O) groups excluding carboxylic acids is 1. The van der Waals surface area contributed by atoms with E-state index in [-0.39, 0.29) is 12.5 Å². The third-order valence-electron chi connectivity index (χ3n) is 4.45. The Hall–Kier alpha value is -3.58. The summed E-state index contributed by atoms with van der Waals surface area (Å²) < 4.78 is 31.4. The third-order valence-corrected chi connectivity index (χ3v) is 5.59. The molecule has 0 saturated carbocycles. The van der Waals surface area contributed by atoms with Gasteiger partial charge in [0.15, 0.2) is 0 Å². The van der Waals surface area contributed by atoms with E-state index in [4.69, 9.17) is 4.74 Å². The number of amides is 1. The molecule has 1 amide bonds. The minimum atomic E-state index is -3.50. The Kier molecular flexibility index (Phi) is 7.10. The highest BCUT2D eigenvalue weighted by molar-refractivity contribution is 7.92. The summed E-state index contributed by atoms with van der Waals surface area (Å²) in [5.74, 6) is 0.319. The van der Waals surface area contributed by atoms with Gasteiger partial charge in [-0.2, -0.15) is 0 Å². The minimum absolute atomic E-state index is 0.211. The van der Waals surface area contributed by atoms with E-state index in [0.717, 1.165) is 11.8 Å². The van der Waals surface area contributed by atoms with E-state index in [0.29, 0.717) is 29.3 Å². The molecule has 31 heavy (non-hydrogen) atoms. The first-order chi connectivity index (χ1) is 14.9. The quantitative estimate of drug-likeness (QED) is 0.502. The Labute approximate surface area is 182 Å². The van der Waals surface area contributed by atoms with Crippen LogP contribution in [0.2, 0.25) is 0 Å². The lowest BCUT2D eigenvalue weighted by Gasteiger charge is -2.22. The number of rotatable bonds is 9. The topological polar surface area (TPSA) is 75.7 Å². The maximum Gasteiger partial charge on any atom is 0.255 e. The van der Waals surface area contributed by atoms with Crippen molar-refractivity contribution < 1.29 is 17.9 Å². The zero-order valence-corrected chi connectivity index (χ0v) is 18.0. The smallest absolute Gasteiger partial charge is 0.255 e. The molecule has 0 atom stereocenters. The van der Waals surface area contributed by atoms with Gasteiger partial charge in [-0.05, 0) is 42.0 Å². The molecule has 0 aliphatic rings. The minimum Gasteiger partial charge on any atom is -0.489 e. The first-order valence-corrected chi connectivity index (χ1v) is 11.5. The van der Waals surface area contributed by atoms with Gasteiger partial charge in [-0.15, -0.1) is 0 Å². The largest absolute Gasteiger partial charge is 0.489 e. The number of anilines is 2. The molecule has 0 aliphatic carbocycles. The van der Waals surface area contributed by atoms with Crippen LogP contribution in [0, 0.1) is 0 Å². The first kappa shape index (κ1) is 22.1. The number of carbonyl (C=O) groups is 1. The predicted molar refractivity (Wildman–Crippen MR) is 124 cm³/mol. The maximum atomic E-state index is 12.6. The van der Waals surface area contributed by atoms with Gasteiger partial charge in [0.25, 0.3) is 5.91 Å². The van der Waals surface area contributed by atoms with Crippen molar-refractivity contribution in [3.8, 4) is 5.75 Å². The molecule has 0 heterocycles. The van der Waals surface area contributed by atoms with Crippen molar-refractivity contribution in [1.82, 2.24) is 0 Å². The summed E-state index contributed by atoms with van der Waals surface area (Å²) in [6, 6.07) is 22.9. The second-order valence-electron chi connectivity index (χ2n) is 6.88. The van der Waals surface area contributed by atoms with E-state index >= 15 is 0 Å². The summed E-state index contributed by atoms with van der Waals surface area (Å²) in [4.78, 5) is 12.6. The molecule has 3 aromatic rings. The van der Waals surface area contributed by atoms with Gasteiger partial charge >= 0.3 is 0 Å². The van der Waals surface area contributed by atoms with Crippen LogP contribution in [0.25, 0.3) is 0 Å². The molecule has 0 aliphatic heterocycles. The molecular weight excluding hydrogens is 412 g/mol. The highest BCUT2D eigenvalue weighted by Gasteiger charge is 2.18. The molecule has 160 valence electrons. The standard InChI is InChI=1S/C24H24N2O4S/c1-3-16-30-23-11-7-10-21(17-23)25-24(27)20-12-14-22(15-13-20)26(31(2,28)29)18-19-8-5-4-6-9-19/h3-15,17H,1,16,18H2,2H3,(H,25,27). The lowest BCUT2D eigenvalue weighted by atomic mass is 10.1. The molecule has 0 saturated heterocycles. The van der Waals surface area contributed by atoms with Gasteiger partial charge in [-0.3, -0.25) is 9.10 Å². The van der Waals surface area contributed by atoms with Crippen molar-refractivity contribution in [3.05, 3.63) is 103 Å². The zero-order valence-electron chi connectivity index (χ0n) is 17.2. The second kappa shape index (κ2) is 9.95. The molecule has 0 aromatic heterocycles. The van der Waals surface area contributed by atoms with Crippen LogP contribution >= 0.6 is 0 Å². The molecule has 1 N–H and O–H groups in total. The van der Waals surface area contributed by atoms with Crippen LogP contribution in [0.4, 0.5) is 11.4 Å². The van der Waals surface area contributed by atoms with Crippen molar-refractivity contribution >= 4 is 27.3 Å². The Morgan fingerprint density at radius 2 is 1.74 bits per heavy atom. The van der Waals surface area contributed by atoms with Crippen LogP contribution in [-0.2, 0) is 16.6 Å². The molecule has 0 spiro atoms. The fourth-order valence-corrected chi connectivity index (χ4v) is 3.84. The van der Waals surface area contributed by atoms with Gasteiger partial charge in [-0.25, -0.2) is 8.42 Å². The average molecular weight is 437 g/mol. The van der Waals surface area contributed by atoms with Gasteiger partial charge < -0.3 is 10.1 Å². The summed E-state index contributed by atoms with van der Waals surface area (Å²) in [5, 5.41) is 2.82. The maximum absolute atomic E-state index is 12.6. The van der Waals surface area contributed by atoms with Crippen LogP contribution in [0.15, 0.2) is 91.5 Å². The van der Waals surface area contributed by atoms with Crippen LogP contribution in [0.1, 0.15) is 15.9 Å². The Morgan fingerprint density at radius 3 is 2.39 bits per heavy atom. The highest BCUT2D eigenvalue weighted by Crippen LogP contribution is 2.22. The van der Waals surface area contributed by atoms with E-state index < -0.39 is 10.0 Å². The van der Waals surface area contributed by atoms with Crippen molar-refractivity contribution in [2.24, 2.45) is 0 Å². The number of sulfonamides is 1. The number of nitrogens with one attached hydrogen (secondary N) is 1. The number of ether oxygens (including phenoxy) is 1. The van der Waals surface area contributed by atoms with Gasteiger partial charge in [0.2, 0.25) is 10.0 Å². The first-order valence-electron chi connectivity index (χ1n) is 9.63. The zero-order chi connectivity index (χ0) is 22.3. The van der Waals surface area contributed by atoms with Crippen LogP contribution in [0.3, 0.4) is 0 Å². The predicted octanol–water partition coefficient (Wildman–Crippen LogP) is 4.47. The molecular formula is C24H24N2O4S. The molecule has 6 nitrogen and oxygen atoms in total. The molecule has 0 unspecified atom stereocenters. The number of nitrogens with zero attached hydrogens (tertiary/aromatic N) is 1. The fraction of sp³-hybridized carbons (Fsp3) is 0.125. The summed E-state index contributed by atoms with van der Waals surface area (Å²) in [5.41, 5.74) is 2.36. The van der Waals surface area contributed by atoms with Gasteiger partial charge in [0.1, 0.15) is 12.4 Å². The molecule has 0 bridgehead atoms. The third kappa shape index (κ3) is 6.20. The van der Waals surface area contributed by atoms with E-state index in [1.54, 1.807) is 54.6 Å². The second-order valence-corrected chi connectivity index (χ2v) is 8.79. The van der Waals surface area contributed by atoms with E-state index in [9.17, 15) is 13.2 Å². The monoisotopic (exact) mass is 436 g/mol. The van der Waals surface area contributed by atoms with Crippen molar-refractivity contribution in [2.75, 3.05) is 22.5 Å². The fourth-order valence-electron chi connectivity index (χ4n) is 2.95. The number of hydrogen-bond donors (Lipinski definition) is 1. The van der Waals surface area contributed by atoms with Crippen molar-refractivity contribution in [1.29, 1.82) is 0 Å². The molecule has 0 fully saturated rings. The van der Waals surface area contributed by atoms with Gasteiger partial charge in [0.05, 0.1) is 18.5 Å². The average Bonchev–Trinajstić information content (AvgIpc) is 2.76. The van der Waals surface area contributed by atoms with E-state index in [1.807, 2.05) is 30.3 Å². The van der Waals surface area contributed by atoms with Crippen LogP contribution in [-0.4, -0.2) is 27.2 Å². The number of benzene rings is 3. The SMILES string of the molecule is C=CCOc1cccc(NC(=O)c2ccc(N(Cc3ccccc3)S(C)(=O)=O)cc2)c1. The van der Waals surface area contributed by atoms with Gasteiger partial charge in [-0.1, -0.05) is 49.1 Å². The molecule has 3 aromatic carbocycles. The highest BCUT2D eigenvalue weighted by atomic mass is 32.2. The van der Waals surface area contributed by atoms with E-state index in [2.05, 4.69) is 11.9 Å². The molecule has 3 rings (SSSR count). The lowest BCUT2D eigenvalue weighted by molar-refractivity contribution is 0.102. The van der Waals surface area contributed by atoms with Crippen molar-refractivity contribution in [2.45, 2.75) is 6.54 Å². The normalized spacial score (nSPS) is 10.9. The summed E-state index contributed by atoms with van der Waals surface area (Å²) in [7, 11) is -3.50. The Morgan fingerprint density at radius 1 is 1.03 bits per heavy atom. The van der Waals surface area contributed by atoms with Crippen LogP contribution < -0.4 is 14.4 Å². The Balaban J connectivity index is 1.75. The summed E-state index contributed by atoms with van der Waals surface area (Å²) in [6.45, 7) is 4.19. The van der Waals surface area contributed by atoms with E-state index in [1.165, 1.54) is 4.31 Å². The molecule has 0 radical (unpaired) electrons. The lowest BCUT2D eigenvalue weighted by Crippen LogP contribution is -2.29.